The van der Waals surface area contributed by atoms with E-state index in [0.717, 1.165) is 63.5 Å². The van der Waals surface area contributed by atoms with E-state index >= 15 is 0 Å². The van der Waals surface area contributed by atoms with Crippen molar-refractivity contribution in [3.05, 3.63) is 65.6 Å². The standard InChI is InChI=1S/C27H30N6O3S/c1-17-10-28-11-18(2)25(17)19(3)36-21-6-7-23-22(9-21)26(31-30-23)20-5-8-24(29-12-20)32-13-27(14-32)15-33(16-27)37(4,34)35/h5-12,19H,13-16H2,1-4H3,(H,30,31)/t19-/m1/s1. The van der Waals surface area contributed by atoms with Crippen molar-refractivity contribution in [2.75, 3.05) is 37.3 Å². The molecule has 0 unspecified atom stereocenters. The number of nitrogens with zero attached hydrogens (tertiary/aromatic N) is 5. The van der Waals surface area contributed by atoms with E-state index in [9.17, 15) is 8.42 Å². The first kappa shape index (κ1) is 23.9. The van der Waals surface area contributed by atoms with E-state index in [2.05, 4.69) is 45.8 Å². The topological polar surface area (TPSA) is 104 Å². The Kier molecular flexibility index (Phi) is 5.50. The molecule has 37 heavy (non-hydrogen) atoms. The Morgan fingerprint density at radius 1 is 1.03 bits per heavy atom. The number of aromatic amines is 1. The van der Waals surface area contributed by atoms with Crippen LogP contribution < -0.4 is 9.64 Å². The second-order valence-electron chi connectivity index (χ2n) is 10.5. The van der Waals surface area contributed by atoms with Gasteiger partial charge in [-0.2, -0.15) is 5.10 Å². The van der Waals surface area contributed by atoms with Gasteiger partial charge in [0, 0.05) is 66.7 Å². The van der Waals surface area contributed by atoms with E-state index in [4.69, 9.17) is 4.74 Å². The maximum atomic E-state index is 11.7. The van der Waals surface area contributed by atoms with E-state index in [-0.39, 0.29) is 11.5 Å². The van der Waals surface area contributed by atoms with Crippen LogP contribution in [-0.2, 0) is 10.0 Å². The summed E-state index contributed by atoms with van der Waals surface area (Å²) in [5.74, 6) is 1.67. The first-order valence-electron chi connectivity index (χ1n) is 12.3. The van der Waals surface area contributed by atoms with Crippen molar-refractivity contribution in [3.63, 3.8) is 0 Å². The molecule has 2 aliphatic rings. The number of anilines is 1. The highest BCUT2D eigenvalue weighted by Crippen LogP contribution is 2.42. The summed E-state index contributed by atoms with van der Waals surface area (Å²) in [7, 11) is -3.09. The smallest absolute Gasteiger partial charge is 0.211 e. The van der Waals surface area contributed by atoms with Crippen molar-refractivity contribution in [2.24, 2.45) is 5.41 Å². The Morgan fingerprint density at radius 3 is 2.41 bits per heavy atom. The van der Waals surface area contributed by atoms with E-state index < -0.39 is 10.0 Å². The number of ether oxygens (including phenoxy) is 1. The van der Waals surface area contributed by atoms with Crippen molar-refractivity contribution in [3.8, 4) is 17.0 Å². The lowest BCUT2D eigenvalue weighted by molar-refractivity contribution is 0.0395. The number of aromatic nitrogens is 4. The second kappa shape index (κ2) is 8.53. The fraction of sp³-hybridized carbons (Fsp3) is 0.370. The van der Waals surface area contributed by atoms with Gasteiger partial charge in [0.1, 0.15) is 23.4 Å². The van der Waals surface area contributed by atoms with E-state index in [0.29, 0.717) is 13.1 Å². The van der Waals surface area contributed by atoms with Gasteiger partial charge in [-0.1, -0.05) is 0 Å². The molecule has 2 fully saturated rings. The monoisotopic (exact) mass is 518 g/mol. The summed E-state index contributed by atoms with van der Waals surface area (Å²) >= 11 is 0. The fourth-order valence-electron chi connectivity index (χ4n) is 5.68. The largest absolute Gasteiger partial charge is 0.486 e. The van der Waals surface area contributed by atoms with Crippen LogP contribution in [0.2, 0.25) is 0 Å². The average molecular weight is 519 g/mol. The summed E-state index contributed by atoms with van der Waals surface area (Å²) in [4.78, 5) is 11.1. The lowest BCUT2D eigenvalue weighted by Gasteiger charge is -2.59. The predicted octanol–water partition coefficient (Wildman–Crippen LogP) is 3.86. The van der Waals surface area contributed by atoms with Crippen LogP contribution in [0, 0.1) is 19.3 Å². The molecule has 2 saturated heterocycles. The minimum Gasteiger partial charge on any atom is -0.486 e. The number of benzene rings is 1. The first-order valence-corrected chi connectivity index (χ1v) is 14.2. The highest BCUT2D eigenvalue weighted by Gasteiger charge is 2.54. The summed E-state index contributed by atoms with van der Waals surface area (Å²) in [5.41, 5.74) is 6.13. The zero-order valence-corrected chi connectivity index (χ0v) is 22.2. The second-order valence-corrected chi connectivity index (χ2v) is 12.5. The fourth-order valence-corrected chi connectivity index (χ4v) is 6.69. The Morgan fingerprint density at radius 2 is 1.76 bits per heavy atom. The minimum atomic E-state index is -3.09. The number of hydrogen-bond donors (Lipinski definition) is 1. The van der Waals surface area contributed by atoms with Crippen LogP contribution >= 0.6 is 0 Å². The zero-order valence-electron chi connectivity index (χ0n) is 21.4. The van der Waals surface area contributed by atoms with Crippen molar-refractivity contribution < 1.29 is 13.2 Å². The summed E-state index contributed by atoms with van der Waals surface area (Å²) in [6, 6.07) is 10.0. The predicted molar refractivity (Wildman–Crippen MR) is 143 cm³/mol. The third-order valence-corrected chi connectivity index (χ3v) is 8.73. The van der Waals surface area contributed by atoms with Crippen molar-refractivity contribution >= 4 is 26.7 Å². The van der Waals surface area contributed by atoms with Gasteiger partial charge < -0.3 is 9.64 Å². The van der Waals surface area contributed by atoms with Crippen molar-refractivity contribution in [1.82, 2.24) is 24.5 Å². The molecule has 1 N–H and O–H groups in total. The maximum Gasteiger partial charge on any atom is 0.211 e. The number of nitrogens with one attached hydrogen (secondary N) is 1. The molecule has 0 radical (unpaired) electrons. The average Bonchev–Trinajstić information content (AvgIpc) is 3.20. The Bertz CT molecular complexity index is 1560. The van der Waals surface area contributed by atoms with Crippen LogP contribution in [0.15, 0.2) is 48.9 Å². The number of aryl methyl sites for hydroxylation is 2. The summed E-state index contributed by atoms with van der Waals surface area (Å²) in [5, 5.41) is 8.64. The lowest BCUT2D eigenvalue weighted by Crippen LogP contribution is -2.73. The number of sulfonamides is 1. The summed E-state index contributed by atoms with van der Waals surface area (Å²) < 4.78 is 31.2. The maximum absolute atomic E-state index is 11.7. The molecule has 0 saturated carbocycles. The molecule has 5 heterocycles. The lowest BCUT2D eigenvalue weighted by atomic mass is 9.74. The Labute approximate surface area is 216 Å². The van der Waals surface area contributed by atoms with E-state index in [1.165, 1.54) is 6.26 Å². The molecule has 9 nitrogen and oxygen atoms in total. The summed E-state index contributed by atoms with van der Waals surface area (Å²) in [6.45, 7) is 9.02. The van der Waals surface area contributed by atoms with Gasteiger partial charge in [-0.05, 0) is 62.2 Å². The highest BCUT2D eigenvalue weighted by atomic mass is 32.2. The summed E-state index contributed by atoms with van der Waals surface area (Å²) in [6.07, 6.45) is 6.74. The third-order valence-electron chi connectivity index (χ3n) is 7.53. The molecule has 1 atom stereocenters. The molecular weight excluding hydrogens is 488 g/mol. The Balaban J connectivity index is 1.18. The van der Waals surface area contributed by atoms with Gasteiger partial charge >= 0.3 is 0 Å². The van der Waals surface area contributed by atoms with Gasteiger partial charge in [0.25, 0.3) is 0 Å². The number of rotatable bonds is 6. The van der Waals surface area contributed by atoms with Crippen molar-refractivity contribution in [1.29, 1.82) is 0 Å². The number of fused-ring (bicyclic) bond motifs is 1. The van der Waals surface area contributed by atoms with E-state index in [1.54, 1.807) is 4.31 Å². The van der Waals surface area contributed by atoms with Crippen LogP contribution in [0.3, 0.4) is 0 Å². The molecule has 10 heteroatoms. The molecule has 0 aliphatic carbocycles. The quantitative estimate of drug-likeness (QED) is 0.413. The molecule has 2 aliphatic heterocycles. The van der Waals surface area contributed by atoms with Gasteiger partial charge in [0.15, 0.2) is 0 Å². The number of hydrogen-bond acceptors (Lipinski definition) is 7. The van der Waals surface area contributed by atoms with Crippen LogP contribution in [0.25, 0.3) is 22.2 Å². The van der Waals surface area contributed by atoms with Gasteiger partial charge in [0.05, 0.1) is 11.8 Å². The molecule has 4 aromatic rings. The normalized spacial score (nSPS) is 18.0. The molecule has 192 valence electrons. The highest BCUT2D eigenvalue weighted by molar-refractivity contribution is 7.88. The Hall–Kier alpha value is -3.50. The zero-order chi connectivity index (χ0) is 25.9. The van der Waals surface area contributed by atoms with Crippen LogP contribution in [0.4, 0.5) is 5.82 Å². The molecule has 3 aromatic heterocycles. The van der Waals surface area contributed by atoms with Gasteiger partial charge in [-0.3, -0.25) is 10.1 Å². The molecule has 0 bridgehead atoms. The third kappa shape index (κ3) is 4.23. The van der Waals surface area contributed by atoms with Crippen LogP contribution in [0.1, 0.15) is 29.7 Å². The minimum absolute atomic E-state index is 0.0721. The molecule has 0 amide bonds. The van der Waals surface area contributed by atoms with Crippen molar-refractivity contribution in [2.45, 2.75) is 26.9 Å². The SMILES string of the molecule is Cc1cncc(C)c1[C@@H](C)Oc1ccc2[nH]nc(-c3ccc(N4CC5(C4)CN(S(C)(=O)=O)C5)nc3)c2c1. The molecule has 1 spiro atoms. The molecule has 1 aromatic carbocycles. The first-order chi connectivity index (χ1) is 17.6. The number of H-pyrrole nitrogens is 1. The van der Waals surface area contributed by atoms with Crippen LogP contribution in [0.5, 0.6) is 5.75 Å². The molecule has 6 rings (SSSR count). The van der Waals surface area contributed by atoms with Gasteiger partial charge in [-0.25, -0.2) is 17.7 Å². The number of pyridine rings is 2. The van der Waals surface area contributed by atoms with Gasteiger partial charge in [-0.15, -0.1) is 0 Å². The van der Waals surface area contributed by atoms with E-state index in [1.807, 2.05) is 48.9 Å². The van der Waals surface area contributed by atoms with Gasteiger partial charge in [0.2, 0.25) is 10.0 Å². The van der Waals surface area contributed by atoms with Crippen LogP contribution in [-0.4, -0.2) is 65.3 Å². The molecular formula is C27H30N6O3S.